The standard InChI is InChI=1S/C20H21NO7/c1-12-20-15(16(25-2)8-9-17(20)26-3)11-19(27-12)28-18(22)10-13-4-6-14(7-5-13)21(23)24/h4-9,12,19H,10-11H2,1-3H3/t12-,19-/m1/s1. The summed E-state index contributed by atoms with van der Waals surface area (Å²) in [5, 5.41) is 10.7. The van der Waals surface area contributed by atoms with Crippen LogP contribution in [-0.4, -0.2) is 31.4 Å². The van der Waals surface area contributed by atoms with Crippen molar-refractivity contribution in [3.63, 3.8) is 0 Å². The van der Waals surface area contributed by atoms with Crippen LogP contribution in [0.25, 0.3) is 0 Å². The fraction of sp³-hybridized carbons (Fsp3) is 0.350. The van der Waals surface area contributed by atoms with E-state index in [-0.39, 0.29) is 18.2 Å². The third-order valence-electron chi connectivity index (χ3n) is 4.61. The van der Waals surface area contributed by atoms with E-state index in [9.17, 15) is 14.9 Å². The van der Waals surface area contributed by atoms with Crippen molar-refractivity contribution in [3.05, 3.63) is 63.2 Å². The van der Waals surface area contributed by atoms with E-state index < -0.39 is 17.2 Å². The van der Waals surface area contributed by atoms with Crippen molar-refractivity contribution < 1.29 is 28.7 Å². The Balaban J connectivity index is 1.71. The van der Waals surface area contributed by atoms with Crippen LogP contribution in [0.2, 0.25) is 0 Å². The first-order chi connectivity index (χ1) is 13.4. The minimum atomic E-state index is -0.756. The van der Waals surface area contributed by atoms with Crippen molar-refractivity contribution in [1.29, 1.82) is 0 Å². The van der Waals surface area contributed by atoms with E-state index >= 15 is 0 Å². The maximum absolute atomic E-state index is 12.3. The quantitative estimate of drug-likeness (QED) is 0.426. The molecule has 0 aromatic heterocycles. The second-order valence-corrected chi connectivity index (χ2v) is 6.36. The number of hydrogen-bond donors (Lipinski definition) is 0. The predicted octanol–water partition coefficient (Wildman–Crippen LogP) is 3.36. The van der Waals surface area contributed by atoms with E-state index in [1.165, 1.54) is 24.3 Å². The van der Waals surface area contributed by atoms with Gasteiger partial charge in [0, 0.05) is 29.7 Å². The van der Waals surface area contributed by atoms with Gasteiger partial charge in [0.05, 0.1) is 31.7 Å². The number of carbonyl (C=O) groups excluding carboxylic acids is 1. The summed E-state index contributed by atoms with van der Waals surface area (Å²) >= 11 is 0. The zero-order chi connectivity index (χ0) is 20.3. The van der Waals surface area contributed by atoms with Gasteiger partial charge in [-0.1, -0.05) is 12.1 Å². The molecule has 0 saturated carbocycles. The van der Waals surface area contributed by atoms with Gasteiger partial charge < -0.3 is 18.9 Å². The number of carbonyl (C=O) groups is 1. The molecule has 0 radical (unpaired) electrons. The molecule has 0 aliphatic carbocycles. The Hall–Kier alpha value is -3.13. The summed E-state index contributed by atoms with van der Waals surface area (Å²) in [6.07, 6.45) is -0.763. The normalized spacial score (nSPS) is 18.1. The number of nitrogens with zero attached hydrogens (tertiary/aromatic N) is 1. The van der Waals surface area contributed by atoms with Gasteiger partial charge in [-0.3, -0.25) is 14.9 Å². The molecule has 1 aliphatic rings. The van der Waals surface area contributed by atoms with Gasteiger partial charge in [-0.2, -0.15) is 0 Å². The number of nitro benzene ring substituents is 1. The fourth-order valence-electron chi connectivity index (χ4n) is 3.32. The molecule has 0 N–H and O–H groups in total. The van der Waals surface area contributed by atoms with Crippen LogP contribution in [0.4, 0.5) is 5.69 Å². The highest BCUT2D eigenvalue weighted by molar-refractivity contribution is 5.73. The van der Waals surface area contributed by atoms with Crippen LogP contribution in [0.1, 0.15) is 29.7 Å². The SMILES string of the molecule is COc1ccc(OC)c2c1C[C@@H](OC(=O)Cc1ccc([N+](=O)[O-])cc1)O[C@@H]2C. The van der Waals surface area contributed by atoms with Gasteiger partial charge in [-0.15, -0.1) is 0 Å². The van der Waals surface area contributed by atoms with Crippen LogP contribution in [0.3, 0.4) is 0 Å². The monoisotopic (exact) mass is 387 g/mol. The molecule has 28 heavy (non-hydrogen) atoms. The largest absolute Gasteiger partial charge is 0.496 e. The van der Waals surface area contributed by atoms with Gasteiger partial charge in [0.15, 0.2) is 0 Å². The van der Waals surface area contributed by atoms with Crippen LogP contribution < -0.4 is 9.47 Å². The number of ether oxygens (including phenoxy) is 4. The van der Waals surface area contributed by atoms with Gasteiger partial charge in [0.2, 0.25) is 6.29 Å². The van der Waals surface area contributed by atoms with E-state index in [0.717, 1.165) is 11.1 Å². The van der Waals surface area contributed by atoms with Crippen LogP contribution >= 0.6 is 0 Å². The third kappa shape index (κ3) is 4.07. The lowest BCUT2D eigenvalue weighted by Gasteiger charge is -2.32. The van der Waals surface area contributed by atoms with Crippen molar-refractivity contribution >= 4 is 11.7 Å². The molecule has 0 saturated heterocycles. The highest BCUT2D eigenvalue weighted by atomic mass is 16.7. The number of rotatable bonds is 6. The molecule has 148 valence electrons. The first-order valence-corrected chi connectivity index (χ1v) is 8.75. The molecule has 1 heterocycles. The van der Waals surface area contributed by atoms with E-state index in [1.54, 1.807) is 14.2 Å². The van der Waals surface area contributed by atoms with Gasteiger partial charge in [-0.05, 0) is 24.6 Å². The van der Waals surface area contributed by atoms with E-state index in [0.29, 0.717) is 23.5 Å². The molecule has 0 spiro atoms. The number of nitro groups is 1. The second kappa shape index (κ2) is 8.26. The molecule has 0 bridgehead atoms. The molecule has 0 amide bonds. The molecule has 2 aromatic rings. The summed E-state index contributed by atoms with van der Waals surface area (Å²) in [6.45, 7) is 1.86. The summed E-state index contributed by atoms with van der Waals surface area (Å²) in [7, 11) is 3.17. The van der Waals surface area contributed by atoms with Crippen LogP contribution in [0.5, 0.6) is 11.5 Å². The lowest BCUT2D eigenvalue weighted by Crippen LogP contribution is -2.31. The van der Waals surface area contributed by atoms with Gasteiger partial charge >= 0.3 is 5.97 Å². The third-order valence-corrected chi connectivity index (χ3v) is 4.61. The summed E-state index contributed by atoms with van der Waals surface area (Å²) in [5.74, 6) is 0.901. The summed E-state index contributed by atoms with van der Waals surface area (Å²) in [5.41, 5.74) is 2.36. The van der Waals surface area contributed by atoms with E-state index in [4.69, 9.17) is 18.9 Å². The lowest BCUT2D eigenvalue weighted by atomic mass is 9.95. The Morgan fingerprint density at radius 2 is 1.79 bits per heavy atom. The molecular weight excluding hydrogens is 366 g/mol. The van der Waals surface area contributed by atoms with Gasteiger partial charge in [0.1, 0.15) is 11.5 Å². The number of methoxy groups -OCH3 is 2. The van der Waals surface area contributed by atoms with Crippen molar-refractivity contribution in [3.8, 4) is 11.5 Å². The van der Waals surface area contributed by atoms with Crippen LogP contribution in [0.15, 0.2) is 36.4 Å². The van der Waals surface area contributed by atoms with Gasteiger partial charge in [-0.25, -0.2) is 0 Å². The molecule has 0 unspecified atom stereocenters. The fourth-order valence-corrected chi connectivity index (χ4v) is 3.32. The Bertz CT molecular complexity index is 879. The summed E-state index contributed by atoms with van der Waals surface area (Å²) in [4.78, 5) is 22.5. The average molecular weight is 387 g/mol. The Morgan fingerprint density at radius 3 is 2.39 bits per heavy atom. The highest BCUT2D eigenvalue weighted by Crippen LogP contribution is 2.41. The average Bonchev–Trinajstić information content (AvgIpc) is 2.67. The van der Waals surface area contributed by atoms with E-state index in [1.807, 2.05) is 19.1 Å². The zero-order valence-corrected chi connectivity index (χ0v) is 15.8. The predicted molar refractivity (Wildman–Crippen MR) is 99.4 cm³/mol. The zero-order valence-electron chi connectivity index (χ0n) is 15.8. The maximum atomic E-state index is 12.3. The molecule has 2 atom stereocenters. The first-order valence-electron chi connectivity index (χ1n) is 8.75. The van der Waals surface area contributed by atoms with Crippen LogP contribution in [-0.2, 0) is 27.1 Å². The molecule has 8 heteroatoms. The molecule has 1 aliphatic heterocycles. The van der Waals surface area contributed by atoms with Crippen LogP contribution in [0, 0.1) is 10.1 Å². The number of benzene rings is 2. The van der Waals surface area contributed by atoms with Crippen molar-refractivity contribution in [1.82, 2.24) is 0 Å². The molecular formula is C20H21NO7. The number of hydrogen-bond acceptors (Lipinski definition) is 7. The van der Waals surface area contributed by atoms with Crippen molar-refractivity contribution in [2.45, 2.75) is 32.2 Å². The molecule has 8 nitrogen and oxygen atoms in total. The smallest absolute Gasteiger partial charge is 0.312 e. The number of esters is 1. The van der Waals surface area contributed by atoms with Crippen molar-refractivity contribution in [2.75, 3.05) is 14.2 Å². The number of fused-ring (bicyclic) bond motifs is 1. The maximum Gasteiger partial charge on any atom is 0.312 e. The summed E-state index contributed by atoms with van der Waals surface area (Å²) < 4.78 is 22.2. The second-order valence-electron chi connectivity index (χ2n) is 6.36. The Kier molecular flexibility index (Phi) is 5.79. The molecule has 0 fully saturated rings. The minimum absolute atomic E-state index is 0.00562. The highest BCUT2D eigenvalue weighted by Gasteiger charge is 2.32. The first kappa shape index (κ1) is 19.6. The Morgan fingerprint density at radius 1 is 1.14 bits per heavy atom. The molecule has 2 aromatic carbocycles. The summed E-state index contributed by atoms with van der Waals surface area (Å²) in [6, 6.07) is 9.41. The van der Waals surface area contributed by atoms with Crippen molar-refractivity contribution in [2.24, 2.45) is 0 Å². The Labute approximate surface area is 162 Å². The lowest BCUT2D eigenvalue weighted by molar-refractivity contribution is -0.384. The topological polar surface area (TPSA) is 97.1 Å². The minimum Gasteiger partial charge on any atom is -0.496 e. The van der Waals surface area contributed by atoms with Gasteiger partial charge in [0.25, 0.3) is 5.69 Å². The molecule has 3 rings (SSSR count). The van der Waals surface area contributed by atoms with E-state index in [2.05, 4.69) is 0 Å². The number of non-ortho nitro benzene ring substituents is 1.